The van der Waals surface area contributed by atoms with Gasteiger partial charge in [0.25, 0.3) is 11.5 Å². The van der Waals surface area contributed by atoms with E-state index in [0.717, 1.165) is 0 Å². The van der Waals surface area contributed by atoms with Crippen molar-refractivity contribution in [3.63, 3.8) is 0 Å². The molecule has 0 unspecified atom stereocenters. The minimum absolute atomic E-state index is 0.124. The van der Waals surface area contributed by atoms with Crippen LogP contribution in [0.15, 0.2) is 10.9 Å². The molecular weight excluding hydrogens is 328 g/mol. The molecule has 2 aliphatic rings. The van der Waals surface area contributed by atoms with Crippen molar-refractivity contribution in [2.45, 2.75) is 13.0 Å². The molecule has 8 nitrogen and oxygen atoms in total. The number of hydrogen-bond donors (Lipinski definition) is 0. The van der Waals surface area contributed by atoms with Gasteiger partial charge in [-0.15, -0.1) is 0 Å². The predicted molar refractivity (Wildman–Crippen MR) is 89.3 cm³/mol. The maximum atomic E-state index is 13.2. The quantitative estimate of drug-likeness (QED) is 0.690. The molecule has 25 heavy (non-hydrogen) atoms. The van der Waals surface area contributed by atoms with Gasteiger partial charge in [0.1, 0.15) is 17.9 Å². The summed E-state index contributed by atoms with van der Waals surface area (Å²) in [6.45, 7) is 4.14. The van der Waals surface area contributed by atoms with Crippen molar-refractivity contribution in [1.29, 1.82) is 0 Å². The van der Waals surface area contributed by atoms with Gasteiger partial charge in [-0.25, -0.2) is 0 Å². The lowest BCUT2D eigenvalue weighted by atomic mass is 10.1. The van der Waals surface area contributed by atoms with Gasteiger partial charge >= 0.3 is 0 Å². The highest BCUT2D eigenvalue weighted by Crippen LogP contribution is 2.25. The number of nitrogens with zero attached hydrogens (tertiary/aromatic N) is 2. The number of ether oxygens (including phenoxy) is 4. The molecule has 1 fully saturated rings. The maximum absolute atomic E-state index is 13.2. The average molecular weight is 352 g/mol. The van der Waals surface area contributed by atoms with Crippen molar-refractivity contribution in [3.05, 3.63) is 27.7 Å². The minimum atomic E-state index is -0.175. The van der Waals surface area contributed by atoms with E-state index in [9.17, 15) is 9.59 Å². The van der Waals surface area contributed by atoms with E-state index >= 15 is 0 Å². The van der Waals surface area contributed by atoms with E-state index in [4.69, 9.17) is 18.9 Å². The number of aromatic nitrogens is 1. The van der Waals surface area contributed by atoms with E-state index in [-0.39, 0.29) is 18.1 Å². The van der Waals surface area contributed by atoms with E-state index in [1.54, 1.807) is 16.6 Å². The Hall–Kier alpha value is -1.90. The van der Waals surface area contributed by atoms with Gasteiger partial charge < -0.3 is 28.4 Å². The Balaban J connectivity index is 2.01. The molecule has 0 saturated carbocycles. The number of carbonyl (C=O) groups excluding carboxylic acids is 1. The Bertz CT molecular complexity index is 666. The van der Waals surface area contributed by atoms with Gasteiger partial charge in [-0.3, -0.25) is 9.59 Å². The van der Waals surface area contributed by atoms with E-state index in [0.29, 0.717) is 76.1 Å². The SMILES string of the molecule is COCCOc1cc(=O)n2c(c1C(=O)N1CCOCC1)CCOCC2. The van der Waals surface area contributed by atoms with E-state index < -0.39 is 0 Å². The van der Waals surface area contributed by atoms with Crippen molar-refractivity contribution in [2.24, 2.45) is 0 Å². The molecule has 1 saturated heterocycles. The predicted octanol–water partition coefficient (Wildman–Crippen LogP) is -0.0814. The second-order valence-electron chi connectivity index (χ2n) is 5.93. The fourth-order valence-electron chi connectivity index (χ4n) is 3.11. The lowest BCUT2D eigenvalue weighted by Gasteiger charge is -2.29. The number of fused-ring (bicyclic) bond motifs is 1. The topological polar surface area (TPSA) is 79.2 Å². The van der Waals surface area contributed by atoms with Crippen molar-refractivity contribution >= 4 is 5.91 Å². The Kier molecular flexibility index (Phi) is 6.06. The number of carbonyl (C=O) groups is 1. The van der Waals surface area contributed by atoms with Crippen LogP contribution < -0.4 is 10.3 Å². The molecule has 2 aliphatic heterocycles. The van der Waals surface area contributed by atoms with Gasteiger partial charge in [0.05, 0.1) is 33.0 Å². The molecule has 8 heteroatoms. The second-order valence-corrected chi connectivity index (χ2v) is 5.93. The zero-order valence-electron chi connectivity index (χ0n) is 14.5. The van der Waals surface area contributed by atoms with Gasteiger partial charge in [-0.1, -0.05) is 0 Å². The minimum Gasteiger partial charge on any atom is -0.490 e. The first-order valence-electron chi connectivity index (χ1n) is 8.55. The van der Waals surface area contributed by atoms with Crippen LogP contribution in [0.3, 0.4) is 0 Å². The summed E-state index contributed by atoms with van der Waals surface area (Å²) >= 11 is 0. The molecular formula is C17H24N2O6. The Morgan fingerprint density at radius 3 is 2.60 bits per heavy atom. The highest BCUT2D eigenvalue weighted by molar-refractivity contribution is 5.98. The third-order valence-electron chi connectivity index (χ3n) is 4.38. The molecule has 0 aromatic carbocycles. The van der Waals surface area contributed by atoms with Crippen molar-refractivity contribution in [2.75, 3.05) is 59.8 Å². The third-order valence-corrected chi connectivity index (χ3v) is 4.38. The summed E-state index contributed by atoms with van der Waals surface area (Å²) < 4.78 is 23.2. The van der Waals surface area contributed by atoms with Gasteiger partial charge in [-0.2, -0.15) is 0 Å². The highest BCUT2D eigenvalue weighted by Gasteiger charge is 2.28. The normalized spacial score (nSPS) is 17.7. The lowest BCUT2D eigenvalue weighted by Crippen LogP contribution is -2.42. The molecule has 3 heterocycles. The summed E-state index contributed by atoms with van der Waals surface area (Å²) in [5, 5.41) is 0. The van der Waals surface area contributed by atoms with Crippen LogP contribution in [0.4, 0.5) is 0 Å². The second kappa shape index (κ2) is 8.46. The Morgan fingerprint density at radius 2 is 1.84 bits per heavy atom. The van der Waals surface area contributed by atoms with Crippen LogP contribution in [-0.2, 0) is 27.2 Å². The number of hydrogen-bond acceptors (Lipinski definition) is 6. The molecule has 0 aliphatic carbocycles. The van der Waals surface area contributed by atoms with Crippen LogP contribution in [0.25, 0.3) is 0 Å². The van der Waals surface area contributed by atoms with Crippen molar-refractivity contribution < 1.29 is 23.7 Å². The monoisotopic (exact) mass is 352 g/mol. The summed E-state index contributed by atoms with van der Waals surface area (Å²) in [6.07, 6.45) is 0.502. The van der Waals surface area contributed by atoms with Gasteiger partial charge in [0.15, 0.2) is 0 Å². The van der Waals surface area contributed by atoms with E-state index in [1.165, 1.54) is 6.07 Å². The van der Waals surface area contributed by atoms with E-state index in [1.807, 2.05) is 0 Å². The fraction of sp³-hybridized carbons (Fsp3) is 0.647. The zero-order valence-corrected chi connectivity index (χ0v) is 14.5. The van der Waals surface area contributed by atoms with Crippen molar-refractivity contribution in [3.8, 4) is 5.75 Å². The fourth-order valence-corrected chi connectivity index (χ4v) is 3.11. The maximum Gasteiger partial charge on any atom is 0.259 e. The number of rotatable bonds is 5. The molecule has 1 aromatic heterocycles. The van der Waals surface area contributed by atoms with Crippen LogP contribution in [0.1, 0.15) is 16.1 Å². The number of morpholine rings is 1. The summed E-state index contributed by atoms with van der Waals surface area (Å²) in [7, 11) is 1.58. The first-order chi connectivity index (χ1) is 12.2. The van der Waals surface area contributed by atoms with Gasteiger partial charge in [0.2, 0.25) is 0 Å². The molecule has 0 bridgehead atoms. The molecule has 1 amide bonds. The molecule has 138 valence electrons. The summed E-state index contributed by atoms with van der Waals surface area (Å²) in [4.78, 5) is 27.4. The standard InChI is InChI=1S/C17H24N2O6/c1-22-10-11-25-14-12-15(20)19-5-9-23-6-2-13(19)16(14)17(21)18-3-7-24-8-4-18/h12H,2-11H2,1H3. The van der Waals surface area contributed by atoms with Crippen molar-refractivity contribution in [1.82, 2.24) is 9.47 Å². The van der Waals surface area contributed by atoms with Crippen LogP contribution in [0.2, 0.25) is 0 Å². The Labute approximate surface area is 146 Å². The van der Waals surface area contributed by atoms with Crippen LogP contribution in [0, 0.1) is 0 Å². The molecule has 0 atom stereocenters. The summed E-state index contributed by atoms with van der Waals surface area (Å²) in [5.74, 6) is 0.202. The number of methoxy groups -OCH3 is 1. The molecule has 0 spiro atoms. The van der Waals surface area contributed by atoms with Gasteiger partial charge in [0, 0.05) is 44.9 Å². The van der Waals surface area contributed by atoms with Crippen LogP contribution in [0.5, 0.6) is 5.75 Å². The van der Waals surface area contributed by atoms with Crippen LogP contribution >= 0.6 is 0 Å². The third kappa shape index (κ3) is 4.02. The first-order valence-corrected chi connectivity index (χ1v) is 8.55. The highest BCUT2D eigenvalue weighted by atomic mass is 16.5. The van der Waals surface area contributed by atoms with Crippen LogP contribution in [-0.4, -0.2) is 75.2 Å². The van der Waals surface area contributed by atoms with Gasteiger partial charge in [-0.05, 0) is 0 Å². The largest absolute Gasteiger partial charge is 0.490 e. The lowest BCUT2D eigenvalue weighted by molar-refractivity contribution is 0.0298. The summed E-state index contributed by atoms with van der Waals surface area (Å²) in [6, 6.07) is 1.40. The smallest absolute Gasteiger partial charge is 0.259 e. The number of pyridine rings is 1. The zero-order chi connectivity index (χ0) is 17.6. The Morgan fingerprint density at radius 1 is 1.12 bits per heavy atom. The summed E-state index contributed by atoms with van der Waals surface area (Å²) in [5.41, 5.74) is 0.975. The average Bonchev–Trinajstić information content (AvgIpc) is 2.89. The molecule has 0 N–H and O–H groups in total. The van der Waals surface area contributed by atoms with E-state index in [2.05, 4.69) is 0 Å². The molecule has 1 aromatic rings. The molecule has 0 radical (unpaired) electrons. The number of amides is 1. The first kappa shape index (κ1) is 17.9. The molecule has 3 rings (SSSR count).